The topological polar surface area (TPSA) is 101 Å². The Morgan fingerprint density at radius 2 is 1.81 bits per heavy atom. The second-order valence-electron chi connectivity index (χ2n) is 5.95. The fourth-order valence-electron chi connectivity index (χ4n) is 3.40. The molecule has 0 amide bonds. The zero-order valence-electron chi connectivity index (χ0n) is 14.0. The molecule has 0 bridgehead atoms. The fraction of sp³-hybridized carbons (Fsp3) is 0.368. The number of ether oxygens (including phenoxy) is 1. The van der Waals surface area contributed by atoms with Gasteiger partial charge in [0.05, 0.1) is 17.1 Å². The van der Waals surface area contributed by atoms with Crippen LogP contribution in [-0.4, -0.2) is 46.4 Å². The lowest BCUT2D eigenvalue weighted by Gasteiger charge is -2.19. The van der Waals surface area contributed by atoms with E-state index in [2.05, 4.69) is 9.88 Å². The lowest BCUT2D eigenvalue weighted by Crippen LogP contribution is -2.19. The average molecular weight is 395 g/mol. The van der Waals surface area contributed by atoms with E-state index in [4.69, 9.17) is 26.6 Å². The van der Waals surface area contributed by atoms with Crippen LogP contribution < -0.4 is 10.1 Å². The number of carbonyl (C=O) groups is 2. The Bertz CT molecular complexity index is 872. The van der Waals surface area contributed by atoms with Gasteiger partial charge in [-0.25, -0.2) is 9.59 Å². The van der Waals surface area contributed by atoms with Crippen molar-refractivity contribution in [2.24, 2.45) is 0 Å². The summed E-state index contributed by atoms with van der Waals surface area (Å²) in [6, 6.07) is 3.96. The summed E-state index contributed by atoms with van der Waals surface area (Å²) in [6.07, 6.45) is 3.26. The van der Waals surface area contributed by atoms with Crippen molar-refractivity contribution >= 4 is 34.4 Å². The van der Waals surface area contributed by atoms with Gasteiger partial charge in [-0.05, 0) is 30.7 Å². The molecule has 1 aromatic carbocycles. The van der Waals surface area contributed by atoms with Crippen LogP contribution in [0.1, 0.15) is 18.7 Å². The Balaban J connectivity index is 0.000000252. The number of nitrogens with zero attached hydrogens (tertiary/aromatic N) is 1. The van der Waals surface area contributed by atoms with E-state index in [1.54, 1.807) is 0 Å². The molecule has 3 N–H and O–H groups in total. The molecule has 0 saturated heterocycles. The van der Waals surface area contributed by atoms with Gasteiger partial charge in [0.25, 0.3) is 0 Å². The van der Waals surface area contributed by atoms with E-state index in [9.17, 15) is 9.59 Å². The highest BCUT2D eigenvalue weighted by molar-refractivity contribution is 6.36. The van der Waals surface area contributed by atoms with E-state index in [0.717, 1.165) is 49.9 Å². The van der Waals surface area contributed by atoms with Crippen LogP contribution in [0.25, 0.3) is 10.9 Å². The SMILES string of the molecule is C.Clc1ccc2c3c1c1c(n3CCO2)CCNCC1.O=C(O)/C=C\C(=O)O. The molecule has 0 aliphatic carbocycles. The number of aromatic nitrogens is 1. The van der Waals surface area contributed by atoms with Crippen LogP contribution in [0.4, 0.5) is 0 Å². The molecule has 7 nitrogen and oxygen atoms in total. The van der Waals surface area contributed by atoms with Crippen LogP contribution in [0.2, 0.25) is 5.02 Å². The molecule has 3 heterocycles. The van der Waals surface area contributed by atoms with Crippen molar-refractivity contribution in [3.8, 4) is 5.75 Å². The van der Waals surface area contributed by atoms with Gasteiger partial charge in [0, 0.05) is 36.2 Å². The number of hydrogen-bond donors (Lipinski definition) is 3. The van der Waals surface area contributed by atoms with Gasteiger partial charge in [-0.15, -0.1) is 0 Å². The molecule has 2 aromatic rings. The molecular formula is C19H23ClN2O5. The van der Waals surface area contributed by atoms with Gasteiger partial charge in [-0.3, -0.25) is 0 Å². The summed E-state index contributed by atoms with van der Waals surface area (Å²) in [7, 11) is 0. The van der Waals surface area contributed by atoms with Gasteiger partial charge < -0.3 is 24.8 Å². The fourth-order valence-corrected chi connectivity index (χ4v) is 3.66. The minimum atomic E-state index is -1.26. The highest BCUT2D eigenvalue weighted by atomic mass is 35.5. The predicted molar refractivity (Wildman–Crippen MR) is 104 cm³/mol. The van der Waals surface area contributed by atoms with E-state index in [1.165, 1.54) is 22.2 Å². The number of aliphatic carboxylic acids is 2. The van der Waals surface area contributed by atoms with E-state index < -0.39 is 11.9 Å². The van der Waals surface area contributed by atoms with Crippen molar-refractivity contribution in [1.29, 1.82) is 0 Å². The van der Waals surface area contributed by atoms with E-state index in [1.807, 2.05) is 12.1 Å². The first kappa shape index (κ1) is 20.8. The van der Waals surface area contributed by atoms with Crippen molar-refractivity contribution < 1.29 is 24.5 Å². The molecule has 2 aliphatic heterocycles. The number of hydrogen-bond acceptors (Lipinski definition) is 4. The van der Waals surface area contributed by atoms with Crippen LogP contribution in [0.3, 0.4) is 0 Å². The molecule has 0 spiro atoms. The molecule has 27 heavy (non-hydrogen) atoms. The Morgan fingerprint density at radius 1 is 1.15 bits per heavy atom. The summed E-state index contributed by atoms with van der Waals surface area (Å²) in [5, 5.41) is 21.2. The largest absolute Gasteiger partial charge is 0.490 e. The van der Waals surface area contributed by atoms with Crippen LogP contribution in [0, 0.1) is 0 Å². The Hall–Kier alpha value is -2.51. The van der Waals surface area contributed by atoms with Gasteiger partial charge in [0.2, 0.25) is 0 Å². The standard InChI is InChI=1S/C14H15ClN2O.C4H4O4.CH4/c15-10-1-2-12-14-13(10)9-3-5-16-6-4-11(9)17(14)7-8-18-12;5-3(6)1-2-4(7)8;/h1-2,16H,3-8H2;1-2H,(H,5,6)(H,7,8);1H4/b;2-1-;. The summed E-state index contributed by atoms with van der Waals surface area (Å²) < 4.78 is 8.18. The average Bonchev–Trinajstić information content (AvgIpc) is 2.77. The molecule has 0 radical (unpaired) electrons. The van der Waals surface area contributed by atoms with E-state index in [-0.39, 0.29) is 7.43 Å². The van der Waals surface area contributed by atoms with Gasteiger partial charge in [-0.1, -0.05) is 19.0 Å². The highest BCUT2D eigenvalue weighted by Gasteiger charge is 2.25. The minimum absolute atomic E-state index is 0. The van der Waals surface area contributed by atoms with Gasteiger partial charge in [0.15, 0.2) is 0 Å². The van der Waals surface area contributed by atoms with Crippen molar-refractivity contribution in [2.45, 2.75) is 26.8 Å². The normalized spacial score (nSPS) is 15.0. The maximum atomic E-state index is 9.55. The first-order valence-electron chi connectivity index (χ1n) is 8.29. The van der Waals surface area contributed by atoms with Crippen molar-refractivity contribution in [3.05, 3.63) is 40.6 Å². The summed E-state index contributed by atoms with van der Waals surface area (Å²) >= 11 is 6.42. The second-order valence-corrected chi connectivity index (χ2v) is 6.36. The summed E-state index contributed by atoms with van der Waals surface area (Å²) in [4.78, 5) is 19.1. The maximum absolute atomic E-state index is 9.55. The number of rotatable bonds is 2. The Labute approximate surface area is 162 Å². The zero-order chi connectivity index (χ0) is 18.7. The van der Waals surface area contributed by atoms with Crippen LogP contribution >= 0.6 is 11.6 Å². The van der Waals surface area contributed by atoms with Gasteiger partial charge in [-0.2, -0.15) is 0 Å². The third-order valence-electron chi connectivity index (χ3n) is 4.37. The molecule has 1 aromatic heterocycles. The summed E-state index contributed by atoms with van der Waals surface area (Å²) in [5.74, 6) is -1.53. The smallest absolute Gasteiger partial charge is 0.328 e. The summed E-state index contributed by atoms with van der Waals surface area (Å²) in [5.41, 5.74) is 4.08. The van der Waals surface area contributed by atoms with Gasteiger partial charge in [0.1, 0.15) is 12.4 Å². The molecule has 0 fully saturated rings. The number of benzene rings is 1. The number of carboxylic acid groups (broad SMARTS) is 2. The second kappa shape index (κ2) is 8.92. The predicted octanol–water partition coefficient (Wildman–Crippen LogP) is 2.72. The first-order chi connectivity index (χ1) is 12.5. The number of carboxylic acids is 2. The van der Waals surface area contributed by atoms with Crippen LogP contribution in [-0.2, 0) is 29.0 Å². The van der Waals surface area contributed by atoms with E-state index >= 15 is 0 Å². The summed E-state index contributed by atoms with van der Waals surface area (Å²) in [6.45, 7) is 3.79. The number of halogens is 1. The minimum Gasteiger partial charge on any atom is -0.490 e. The van der Waals surface area contributed by atoms with Crippen LogP contribution in [0.15, 0.2) is 24.3 Å². The van der Waals surface area contributed by atoms with E-state index in [0.29, 0.717) is 12.2 Å². The Morgan fingerprint density at radius 3 is 2.48 bits per heavy atom. The molecule has 0 unspecified atom stereocenters. The third-order valence-corrected chi connectivity index (χ3v) is 4.68. The van der Waals surface area contributed by atoms with Crippen molar-refractivity contribution in [1.82, 2.24) is 9.88 Å². The van der Waals surface area contributed by atoms with Crippen molar-refractivity contribution in [2.75, 3.05) is 19.7 Å². The molecule has 0 saturated carbocycles. The molecule has 0 atom stereocenters. The molecule has 4 rings (SSSR count). The Kier molecular flexibility index (Phi) is 6.87. The molecule has 8 heteroatoms. The lowest BCUT2D eigenvalue weighted by atomic mass is 10.1. The molecule has 2 aliphatic rings. The van der Waals surface area contributed by atoms with Gasteiger partial charge >= 0.3 is 11.9 Å². The third kappa shape index (κ3) is 4.43. The highest BCUT2D eigenvalue weighted by Crippen LogP contribution is 2.40. The lowest BCUT2D eigenvalue weighted by molar-refractivity contribution is -0.134. The monoisotopic (exact) mass is 394 g/mol. The number of fused-ring (bicyclic) bond motifs is 3. The van der Waals surface area contributed by atoms with Crippen LogP contribution in [0.5, 0.6) is 5.75 Å². The quantitative estimate of drug-likeness (QED) is 0.677. The zero-order valence-corrected chi connectivity index (χ0v) is 14.8. The van der Waals surface area contributed by atoms with Crippen molar-refractivity contribution in [3.63, 3.8) is 0 Å². The first-order valence-corrected chi connectivity index (χ1v) is 8.66. The maximum Gasteiger partial charge on any atom is 0.328 e. The number of nitrogens with one attached hydrogen (secondary N) is 1. The molecule has 146 valence electrons. The molecular weight excluding hydrogens is 372 g/mol.